The van der Waals surface area contributed by atoms with Crippen molar-refractivity contribution in [2.24, 2.45) is 0 Å². The fraction of sp³-hybridized carbons (Fsp3) is 0.0588. The van der Waals surface area contributed by atoms with Gasteiger partial charge in [-0.25, -0.2) is 4.90 Å². The molecule has 0 atom stereocenters. The van der Waals surface area contributed by atoms with Gasteiger partial charge in [-0.3, -0.25) is 9.59 Å². The molecule has 0 aromatic heterocycles. The predicted molar refractivity (Wildman–Crippen MR) is 96.1 cm³/mol. The van der Waals surface area contributed by atoms with Gasteiger partial charge in [0.25, 0.3) is 11.1 Å². The second-order valence-electron chi connectivity index (χ2n) is 4.97. The summed E-state index contributed by atoms with van der Waals surface area (Å²) in [7, 11) is 0. The molecule has 116 valence electrons. The van der Waals surface area contributed by atoms with Crippen LogP contribution in [0.25, 0.3) is 6.08 Å². The van der Waals surface area contributed by atoms with E-state index in [0.29, 0.717) is 26.2 Å². The largest absolute Gasteiger partial charge is 0.298 e. The quantitative estimate of drug-likeness (QED) is 0.657. The van der Waals surface area contributed by atoms with Gasteiger partial charge in [0.2, 0.25) is 0 Å². The minimum absolute atomic E-state index is 0.319. The number of rotatable bonds is 2. The molecule has 1 aliphatic heterocycles. The first-order valence-corrected chi connectivity index (χ1v) is 8.33. The van der Waals surface area contributed by atoms with Crippen molar-refractivity contribution in [1.29, 1.82) is 0 Å². The van der Waals surface area contributed by atoms with Crippen LogP contribution in [-0.2, 0) is 4.79 Å². The summed E-state index contributed by atoms with van der Waals surface area (Å²) in [5.74, 6) is -0.347. The molecule has 23 heavy (non-hydrogen) atoms. The molecular formula is C17H11Cl2NO2S. The van der Waals surface area contributed by atoms with Crippen molar-refractivity contribution in [3.05, 3.63) is 68.5 Å². The lowest BCUT2D eigenvalue weighted by atomic mass is 10.1. The number of carbonyl (C=O) groups is 2. The number of imide groups is 1. The molecule has 3 nitrogen and oxygen atoms in total. The standard InChI is InChI=1S/C17H11Cl2NO2S/c1-10-4-2-3-5-14(10)20-16(21)15(23-17(20)22)8-11-6-7-12(18)9-13(11)19/h2-9H,1H3. The Kier molecular flexibility index (Phi) is 4.48. The molecule has 0 bridgehead atoms. The number of thioether (sulfide) groups is 1. The summed E-state index contributed by atoms with van der Waals surface area (Å²) in [5, 5.41) is 0.626. The number of amides is 2. The average molecular weight is 364 g/mol. The van der Waals surface area contributed by atoms with Gasteiger partial charge in [0.05, 0.1) is 10.6 Å². The van der Waals surface area contributed by atoms with Crippen LogP contribution < -0.4 is 4.90 Å². The molecule has 0 spiro atoms. The highest BCUT2D eigenvalue weighted by Crippen LogP contribution is 2.37. The lowest BCUT2D eigenvalue weighted by Crippen LogP contribution is -2.28. The molecule has 0 radical (unpaired) electrons. The third kappa shape index (κ3) is 3.15. The monoisotopic (exact) mass is 363 g/mol. The Morgan fingerprint density at radius 3 is 2.52 bits per heavy atom. The van der Waals surface area contributed by atoms with Gasteiger partial charge in [-0.15, -0.1) is 0 Å². The van der Waals surface area contributed by atoms with Crippen molar-refractivity contribution in [3.8, 4) is 0 Å². The summed E-state index contributed by atoms with van der Waals surface area (Å²) in [6.45, 7) is 1.86. The highest BCUT2D eigenvalue weighted by molar-refractivity contribution is 8.19. The first kappa shape index (κ1) is 16.1. The first-order valence-electron chi connectivity index (χ1n) is 6.76. The number of anilines is 1. The molecule has 0 unspecified atom stereocenters. The maximum Gasteiger partial charge on any atom is 0.298 e. The molecular weight excluding hydrogens is 353 g/mol. The first-order chi connectivity index (χ1) is 11.0. The molecule has 0 aliphatic carbocycles. The van der Waals surface area contributed by atoms with Crippen LogP contribution in [0.4, 0.5) is 10.5 Å². The molecule has 1 saturated heterocycles. The summed E-state index contributed by atoms with van der Waals surface area (Å²) in [6, 6.07) is 12.3. The molecule has 1 heterocycles. The summed E-state index contributed by atoms with van der Waals surface area (Å²) >= 11 is 12.9. The Morgan fingerprint density at radius 1 is 1.09 bits per heavy atom. The summed E-state index contributed by atoms with van der Waals surface area (Å²) < 4.78 is 0. The normalized spacial score (nSPS) is 16.5. The number of carbonyl (C=O) groups excluding carboxylic acids is 2. The van der Waals surface area contributed by atoms with Crippen molar-refractivity contribution in [1.82, 2.24) is 0 Å². The number of aryl methyl sites for hydroxylation is 1. The maximum atomic E-state index is 12.6. The number of halogens is 2. The highest BCUT2D eigenvalue weighted by Gasteiger charge is 2.36. The van der Waals surface area contributed by atoms with E-state index in [0.717, 1.165) is 17.3 Å². The van der Waals surface area contributed by atoms with Crippen molar-refractivity contribution in [3.63, 3.8) is 0 Å². The smallest absolute Gasteiger partial charge is 0.268 e. The number of hydrogen-bond donors (Lipinski definition) is 0. The number of benzene rings is 2. The third-order valence-electron chi connectivity index (χ3n) is 3.40. The van der Waals surface area contributed by atoms with E-state index in [2.05, 4.69) is 0 Å². The summed E-state index contributed by atoms with van der Waals surface area (Å²) in [4.78, 5) is 26.4. The lowest BCUT2D eigenvalue weighted by molar-refractivity contribution is -0.113. The van der Waals surface area contributed by atoms with Crippen LogP contribution in [0.5, 0.6) is 0 Å². The lowest BCUT2D eigenvalue weighted by Gasteiger charge is -2.14. The Labute approximate surface area is 147 Å². The Bertz CT molecular complexity index is 848. The molecule has 1 aliphatic rings. The summed E-state index contributed by atoms with van der Waals surface area (Å²) in [5.41, 5.74) is 2.10. The van der Waals surface area contributed by atoms with Gasteiger partial charge in [0.1, 0.15) is 0 Å². The van der Waals surface area contributed by atoms with Gasteiger partial charge < -0.3 is 0 Å². The molecule has 1 fully saturated rings. The van der Waals surface area contributed by atoms with Crippen LogP contribution in [0.2, 0.25) is 10.0 Å². The zero-order valence-corrected chi connectivity index (χ0v) is 14.4. The van der Waals surface area contributed by atoms with Crippen LogP contribution in [-0.4, -0.2) is 11.1 Å². The fourth-order valence-corrected chi connectivity index (χ4v) is 3.54. The molecule has 6 heteroatoms. The Balaban J connectivity index is 1.98. The molecule has 0 saturated carbocycles. The maximum absolute atomic E-state index is 12.6. The van der Waals surface area contributed by atoms with E-state index in [1.807, 2.05) is 19.1 Å². The second-order valence-corrected chi connectivity index (χ2v) is 6.81. The van der Waals surface area contributed by atoms with Crippen LogP contribution in [0, 0.1) is 6.92 Å². The Hall–Kier alpha value is -1.75. The van der Waals surface area contributed by atoms with Crippen LogP contribution in [0.15, 0.2) is 47.4 Å². The third-order valence-corrected chi connectivity index (χ3v) is 4.83. The minimum Gasteiger partial charge on any atom is -0.268 e. The minimum atomic E-state index is -0.347. The van der Waals surface area contributed by atoms with E-state index in [1.54, 1.807) is 36.4 Å². The molecule has 2 aromatic rings. The fourth-order valence-electron chi connectivity index (χ4n) is 2.25. The van der Waals surface area contributed by atoms with E-state index in [4.69, 9.17) is 23.2 Å². The van der Waals surface area contributed by atoms with Gasteiger partial charge in [-0.1, -0.05) is 47.5 Å². The van der Waals surface area contributed by atoms with Crippen LogP contribution in [0.3, 0.4) is 0 Å². The van der Waals surface area contributed by atoms with Crippen LogP contribution in [0.1, 0.15) is 11.1 Å². The van der Waals surface area contributed by atoms with Crippen molar-refractivity contribution >= 4 is 57.9 Å². The molecule has 0 N–H and O–H groups in total. The van der Waals surface area contributed by atoms with Gasteiger partial charge >= 0.3 is 0 Å². The van der Waals surface area contributed by atoms with Gasteiger partial charge in [-0.2, -0.15) is 0 Å². The van der Waals surface area contributed by atoms with Crippen molar-refractivity contribution < 1.29 is 9.59 Å². The zero-order chi connectivity index (χ0) is 16.6. The SMILES string of the molecule is Cc1ccccc1N1C(=O)SC(=Cc2ccc(Cl)cc2Cl)C1=O. The molecule has 2 aromatic carbocycles. The van der Waals surface area contributed by atoms with Gasteiger partial charge in [0.15, 0.2) is 0 Å². The van der Waals surface area contributed by atoms with Crippen molar-refractivity contribution in [2.75, 3.05) is 4.90 Å². The molecule has 3 rings (SSSR count). The van der Waals surface area contributed by atoms with Crippen molar-refractivity contribution in [2.45, 2.75) is 6.92 Å². The zero-order valence-electron chi connectivity index (χ0n) is 12.0. The molecule has 2 amide bonds. The highest BCUT2D eigenvalue weighted by atomic mass is 35.5. The number of para-hydroxylation sites is 1. The van der Waals surface area contributed by atoms with Gasteiger partial charge in [0, 0.05) is 10.0 Å². The van der Waals surface area contributed by atoms with E-state index in [-0.39, 0.29) is 11.1 Å². The number of nitrogens with zero attached hydrogens (tertiary/aromatic N) is 1. The van der Waals surface area contributed by atoms with Crippen LogP contribution >= 0.6 is 35.0 Å². The van der Waals surface area contributed by atoms with Gasteiger partial charge in [-0.05, 0) is 54.1 Å². The van der Waals surface area contributed by atoms with E-state index >= 15 is 0 Å². The van der Waals surface area contributed by atoms with E-state index in [9.17, 15) is 9.59 Å². The second kappa shape index (κ2) is 6.40. The van der Waals surface area contributed by atoms with E-state index < -0.39 is 0 Å². The predicted octanol–water partition coefficient (Wildman–Crippen LogP) is 5.54. The number of hydrogen-bond acceptors (Lipinski definition) is 3. The average Bonchev–Trinajstić information content (AvgIpc) is 2.77. The Morgan fingerprint density at radius 2 is 1.83 bits per heavy atom. The summed E-state index contributed by atoms with van der Waals surface area (Å²) in [6.07, 6.45) is 1.61. The van der Waals surface area contributed by atoms with E-state index in [1.165, 1.54) is 4.90 Å². The topological polar surface area (TPSA) is 37.4 Å².